The number of amides is 1. The van der Waals surface area contributed by atoms with Crippen molar-refractivity contribution >= 4 is 11.7 Å². The molecule has 0 saturated carbocycles. The zero-order chi connectivity index (χ0) is 20.6. The van der Waals surface area contributed by atoms with Crippen molar-refractivity contribution in [2.24, 2.45) is 5.73 Å². The highest BCUT2D eigenvalue weighted by Gasteiger charge is 2.14. The SMILES string of the molecule is CC(=O)c1ccc(C(N)=O)cc1Oc1ccc(CCCOC2CCOCC2)cc1. The molecule has 3 rings (SSSR count). The third kappa shape index (κ3) is 6.14. The van der Waals surface area contributed by atoms with E-state index in [-0.39, 0.29) is 5.78 Å². The maximum Gasteiger partial charge on any atom is 0.248 e. The quantitative estimate of drug-likeness (QED) is 0.512. The first-order chi connectivity index (χ1) is 14.0. The molecule has 0 bridgehead atoms. The molecule has 1 aliphatic heterocycles. The smallest absolute Gasteiger partial charge is 0.248 e. The second-order valence-electron chi connectivity index (χ2n) is 7.16. The molecule has 2 aromatic rings. The third-order valence-corrected chi connectivity index (χ3v) is 4.93. The molecule has 0 spiro atoms. The summed E-state index contributed by atoms with van der Waals surface area (Å²) in [5.41, 5.74) is 7.22. The lowest BCUT2D eigenvalue weighted by molar-refractivity contribution is -0.0322. The molecule has 0 radical (unpaired) electrons. The summed E-state index contributed by atoms with van der Waals surface area (Å²) in [7, 11) is 0. The van der Waals surface area contributed by atoms with Crippen molar-refractivity contribution in [3.05, 3.63) is 59.2 Å². The monoisotopic (exact) mass is 397 g/mol. The Labute approximate surface area is 171 Å². The average Bonchev–Trinajstić information content (AvgIpc) is 2.73. The van der Waals surface area contributed by atoms with E-state index >= 15 is 0 Å². The van der Waals surface area contributed by atoms with E-state index < -0.39 is 5.91 Å². The fourth-order valence-corrected chi connectivity index (χ4v) is 3.27. The van der Waals surface area contributed by atoms with E-state index in [1.807, 2.05) is 24.3 Å². The van der Waals surface area contributed by atoms with Gasteiger partial charge in [0.1, 0.15) is 11.5 Å². The summed E-state index contributed by atoms with van der Waals surface area (Å²) < 4.78 is 17.1. The van der Waals surface area contributed by atoms with Gasteiger partial charge in [0.15, 0.2) is 5.78 Å². The van der Waals surface area contributed by atoms with Gasteiger partial charge in [-0.1, -0.05) is 12.1 Å². The van der Waals surface area contributed by atoms with Crippen LogP contribution < -0.4 is 10.5 Å². The molecule has 1 fully saturated rings. The Morgan fingerprint density at radius 2 is 1.83 bits per heavy atom. The Balaban J connectivity index is 1.55. The van der Waals surface area contributed by atoms with Crippen LogP contribution in [0.4, 0.5) is 0 Å². The van der Waals surface area contributed by atoms with Gasteiger partial charge in [0.25, 0.3) is 0 Å². The highest BCUT2D eigenvalue weighted by atomic mass is 16.5. The van der Waals surface area contributed by atoms with Gasteiger partial charge >= 0.3 is 0 Å². The molecule has 6 heteroatoms. The predicted molar refractivity (Wildman–Crippen MR) is 110 cm³/mol. The van der Waals surface area contributed by atoms with Crippen LogP contribution in [0.1, 0.15) is 52.5 Å². The van der Waals surface area contributed by atoms with Crippen molar-refractivity contribution in [3.63, 3.8) is 0 Å². The first-order valence-electron chi connectivity index (χ1n) is 9.94. The van der Waals surface area contributed by atoms with Crippen LogP contribution in [-0.2, 0) is 15.9 Å². The van der Waals surface area contributed by atoms with Gasteiger partial charge < -0.3 is 19.9 Å². The number of carbonyl (C=O) groups excluding carboxylic acids is 2. The second-order valence-corrected chi connectivity index (χ2v) is 7.16. The van der Waals surface area contributed by atoms with Crippen molar-refractivity contribution in [1.82, 2.24) is 0 Å². The van der Waals surface area contributed by atoms with E-state index in [2.05, 4.69) is 0 Å². The highest BCUT2D eigenvalue weighted by Crippen LogP contribution is 2.27. The summed E-state index contributed by atoms with van der Waals surface area (Å²) in [6, 6.07) is 12.3. The van der Waals surface area contributed by atoms with Gasteiger partial charge in [-0.15, -0.1) is 0 Å². The number of hydrogen-bond donors (Lipinski definition) is 1. The molecule has 1 amide bonds. The van der Waals surface area contributed by atoms with Gasteiger partial charge in [-0.3, -0.25) is 9.59 Å². The van der Waals surface area contributed by atoms with E-state index in [9.17, 15) is 9.59 Å². The van der Waals surface area contributed by atoms with Crippen LogP contribution in [0.3, 0.4) is 0 Å². The van der Waals surface area contributed by atoms with Crippen molar-refractivity contribution in [3.8, 4) is 11.5 Å². The molecule has 0 unspecified atom stereocenters. The molecule has 154 valence electrons. The number of hydrogen-bond acceptors (Lipinski definition) is 5. The molecule has 1 heterocycles. The number of rotatable bonds is 9. The van der Waals surface area contributed by atoms with Crippen LogP contribution in [0.2, 0.25) is 0 Å². The molecule has 2 N–H and O–H groups in total. The Hall–Kier alpha value is -2.70. The van der Waals surface area contributed by atoms with Gasteiger partial charge in [0, 0.05) is 25.4 Å². The predicted octanol–water partition coefficient (Wildman–Crippen LogP) is 3.91. The van der Waals surface area contributed by atoms with Crippen LogP contribution in [0.15, 0.2) is 42.5 Å². The van der Waals surface area contributed by atoms with E-state index in [4.69, 9.17) is 19.9 Å². The molecule has 1 aliphatic rings. The van der Waals surface area contributed by atoms with Crippen LogP contribution >= 0.6 is 0 Å². The van der Waals surface area contributed by atoms with Crippen molar-refractivity contribution in [2.75, 3.05) is 19.8 Å². The molecule has 0 aromatic heterocycles. The van der Waals surface area contributed by atoms with Gasteiger partial charge in [0.05, 0.1) is 11.7 Å². The molecule has 1 saturated heterocycles. The molecule has 6 nitrogen and oxygen atoms in total. The fourth-order valence-electron chi connectivity index (χ4n) is 3.27. The number of ketones is 1. The summed E-state index contributed by atoms with van der Waals surface area (Å²) in [6.07, 6.45) is 4.15. The number of aryl methyl sites for hydroxylation is 1. The van der Waals surface area contributed by atoms with Gasteiger partial charge in [0.2, 0.25) is 5.91 Å². The van der Waals surface area contributed by atoms with Crippen molar-refractivity contribution < 1.29 is 23.8 Å². The number of benzene rings is 2. The summed E-state index contributed by atoms with van der Waals surface area (Å²) in [4.78, 5) is 23.3. The molecule has 0 atom stereocenters. The summed E-state index contributed by atoms with van der Waals surface area (Å²) >= 11 is 0. The topological polar surface area (TPSA) is 87.9 Å². The fraction of sp³-hybridized carbons (Fsp3) is 0.391. The van der Waals surface area contributed by atoms with Crippen LogP contribution in [0.25, 0.3) is 0 Å². The third-order valence-electron chi connectivity index (χ3n) is 4.93. The molecular formula is C23H27NO5. The number of Topliss-reactive ketones (excluding diaryl/α,β-unsaturated/α-hetero) is 1. The van der Waals surface area contributed by atoms with Crippen LogP contribution in [0.5, 0.6) is 11.5 Å². The van der Waals surface area contributed by atoms with E-state index in [0.717, 1.165) is 45.5 Å². The normalized spacial score (nSPS) is 14.5. The van der Waals surface area contributed by atoms with Crippen molar-refractivity contribution in [1.29, 1.82) is 0 Å². The van der Waals surface area contributed by atoms with Gasteiger partial charge in [-0.2, -0.15) is 0 Å². The Morgan fingerprint density at radius 1 is 1.10 bits per heavy atom. The Morgan fingerprint density at radius 3 is 2.48 bits per heavy atom. The minimum Gasteiger partial charge on any atom is -0.457 e. The zero-order valence-electron chi connectivity index (χ0n) is 16.7. The van der Waals surface area contributed by atoms with Crippen molar-refractivity contribution in [2.45, 2.75) is 38.7 Å². The Bertz CT molecular complexity index is 841. The first-order valence-corrected chi connectivity index (χ1v) is 9.94. The zero-order valence-corrected chi connectivity index (χ0v) is 16.7. The molecule has 0 aliphatic carbocycles. The number of nitrogens with two attached hydrogens (primary N) is 1. The summed E-state index contributed by atoms with van der Waals surface area (Å²) in [5.74, 6) is 0.211. The minimum atomic E-state index is -0.566. The first kappa shape index (κ1) is 21.0. The Kier molecular flexibility index (Phi) is 7.38. The van der Waals surface area contributed by atoms with E-state index in [0.29, 0.717) is 28.7 Å². The number of carbonyl (C=O) groups is 2. The number of primary amides is 1. The average molecular weight is 397 g/mol. The second kappa shape index (κ2) is 10.2. The standard InChI is InChI=1S/C23H27NO5/c1-16(25)21-9-6-18(23(24)26)15-22(21)29-20-7-4-17(5-8-20)3-2-12-28-19-10-13-27-14-11-19/h4-9,15,19H,2-3,10-14H2,1H3,(H2,24,26). The van der Waals surface area contributed by atoms with Crippen LogP contribution in [0, 0.1) is 0 Å². The lowest BCUT2D eigenvalue weighted by atomic mass is 10.1. The van der Waals surface area contributed by atoms with Gasteiger partial charge in [-0.25, -0.2) is 0 Å². The molecular weight excluding hydrogens is 370 g/mol. The summed E-state index contributed by atoms with van der Waals surface area (Å²) in [6.45, 7) is 3.78. The highest BCUT2D eigenvalue weighted by molar-refractivity contribution is 5.99. The summed E-state index contributed by atoms with van der Waals surface area (Å²) in [5, 5.41) is 0. The van der Waals surface area contributed by atoms with Gasteiger partial charge in [-0.05, 0) is 68.5 Å². The van der Waals surface area contributed by atoms with E-state index in [1.54, 1.807) is 6.07 Å². The van der Waals surface area contributed by atoms with E-state index in [1.165, 1.54) is 24.6 Å². The molecule has 29 heavy (non-hydrogen) atoms. The maximum absolute atomic E-state index is 11.8. The lowest BCUT2D eigenvalue weighted by Crippen LogP contribution is -2.23. The number of ether oxygens (including phenoxy) is 3. The van der Waals surface area contributed by atoms with Crippen LogP contribution in [-0.4, -0.2) is 37.6 Å². The molecule has 2 aromatic carbocycles. The minimum absolute atomic E-state index is 0.142. The lowest BCUT2D eigenvalue weighted by Gasteiger charge is -2.22. The maximum atomic E-state index is 11.8. The largest absolute Gasteiger partial charge is 0.457 e.